The first-order valence-electron chi connectivity index (χ1n) is 12.5. The highest BCUT2D eigenvalue weighted by Crippen LogP contribution is 2.42. The van der Waals surface area contributed by atoms with Crippen LogP contribution in [0.5, 0.6) is 11.5 Å². The Morgan fingerprint density at radius 1 is 0.821 bits per heavy atom. The molecule has 2 aliphatic carbocycles. The van der Waals surface area contributed by atoms with Gasteiger partial charge in [-0.05, 0) is 92.1 Å². The van der Waals surface area contributed by atoms with E-state index in [0.717, 1.165) is 72.9 Å². The van der Waals surface area contributed by atoms with E-state index in [1.54, 1.807) is 14.2 Å². The number of allylic oxidation sites excluding steroid dienone is 5. The van der Waals surface area contributed by atoms with Gasteiger partial charge in [0, 0.05) is 29.6 Å². The molecule has 2 N–H and O–H groups in total. The van der Waals surface area contributed by atoms with Crippen LogP contribution in [0.4, 0.5) is 11.4 Å². The van der Waals surface area contributed by atoms with Crippen molar-refractivity contribution in [2.45, 2.75) is 38.5 Å². The SMILES string of the molecule is COc1ccc(N/C=C2\CCCC3=C2OC2=C(C=[NH+]c4ccc(OC)cc4)CCCC2=C3)cc1.[O-][Cl+3]([O-])([O-])[O-]. The molecule has 39 heavy (non-hydrogen) atoms. The van der Waals surface area contributed by atoms with Crippen molar-refractivity contribution in [1.82, 2.24) is 0 Å². The van der Waals surface area contributed by atoms with E-state index in [1.165, 1.54) is 22.3 Å². The summed E-state index contributed by atoms with van der Waals surface area (Å²) in [6.07, 6.45) is 13.0. The molecule has 0 aromatic heterocycles. The third-order valence-electron chi connectivity index (χ3n) is 6.51. The fourth-order valence-electron chi connectivity index (χ4n) is 4.65. The first-order valence-corrected chi connectivity index (χ1v) is 13.8. The maximum atomic E-state index is 8.49. The van der Waals surface area contributed by atoms with Crippen LogP contribution in [0, 0.1) is 10.2 Å². The lowest BCUT2D eigenvalue weighted by Gasteiger charge is -2.31. The summed E-state index contributed by atoms with van der Waals surface area (Å²) in [5.41, 5.74) is 7.13. The summed E-state index contributed by atoms with van der Waals surface area (Å²) in [5, 5.41) is 3.44. The quantitative estimate of drug-likeness (QED) is 0.493. The Balaban J connectivity index is 0.000000648. The van der Waals surface area contributed by atoms with Crippen LogP contribution in [0.2, 0.25) is 0 Å². The number of rotatable bonds is 6. The van der Waals surface area contributed by atoms with Crippen molar-refractivity contribution in [3.8, 4) is 11.5 Å². The molecule has 0 atom stereocenters. The zero-order valence-electron chi connectivity index (χ0n) is 21.8. The molecule has 0 saturated carbocycles. The zero-order valence-corrected chi connectivity index (χ0v) is 22.6. The molecule has 1 aliphatic heterocycles. The largest absolute Gasteiger partial charge is 0.497 e. The number of hydrogen-bond donors (Lipinski definition) is 2. The van der Waals surface area contributed by atoms with E-state index in [-0.39, 0.29) is 0 Å². The highest BCUT2D eigenvalue weighted by Gasteiger charge is 2.29. The molecule has 5 rings (SSSR count). The molecule has 0 unspecified atom stereocenters. The van der Waals surface area contributed by atoms with Crippen LogP contribution in [0.15, 0.2) is 94.6 Å². The molecule has 0 radical (unpaired) electrons. The molecule has 206 valence electrons. The molecule has 0 spiro atoms. The minimum atomic E-state index is -4.94. The lowest BCUT2D eigenvalue weighted by atomic mass is 9.86. The summed E-state index contributed by atoms with van der Waals surface area (Å²) in [4.78, 5) is 3.44. The van der Waals surface area contributed by atoms with Gasteiger partial charge in [0.2, 0.25) is 5.69 Å². The summed E-state index contributed by atoms with van der Waals surface area (Å²) >= 11 is 0. The Morgan fingerprint density at radius 2 is 1.44 bits per heavy atom. The van der Waals surface area contributed by atoms with Crippen LogP contribution in [0.1, 0.15) is 38.5 Å². The average molecular weight is 555 g/mol. The van der Waals surface area contributed by atoms with E-state index < -0.39 is 10.2 Å². The van der Waals surface area contributed by atoms with Crippen molar-refractivity contribution in [1.29, 1.82) is 0 Å². The van der Waals surface area contributed by atoms with Crippen molar-refractivity contribution in [3.05, 3.63) is 94.6 Å². The van der Waals surface area contributed by atoms with E-state index in [4.69, 9.17) is 32.8 Å². The second-order valence-corrected chi connectivity index (χ2v) is 9.88. The molecule has 2 aromatic carbocycles. The van der Waals surface area contributed by atoms with Gasteiger partial charge < -0.3 is 19.5 Å². The van der Waals surface area contributed by atoms with Crippen LogP contribution in [0.25, 0.3) is 0 Å². The Labute approximate surface area is 229 Å². The number of halogens is 1. The van der Waals surface area contributed by atoms with E-state index in [2.05, 4.69) is 28.8 Å². The van der Waals surface area contributed by atoms with Crippen molar-refractivity contribution >= 4 is 17.6 Å². The van der Waals surface area contributed by atoms with Crippen molar-refractivity contribution in [2.75, 3.05) is 19.5 Å². The van der Waals surface area contributed by atoms with Gasteiger partial charge in [-0.25, -0.2) is 23.6 Å². The second kappa shape index (κ2) is 13.0. The van der Waals surface area contributed by atoms with Gasteiger partial charge in [0.05, 0.1) is 19.8 Å². The number of nitrogens with one attached hydrogen (secondary N) is 2. The van der Waals surface area contributed by atoms with Crippen molar-refractivity contribution in [2.24, 2.45) is 0 Å². The predicted octanol–water partition coefficient (Wildman–Crippen LogP) is 0.559. The molecule has 1 heterocycles. The molecule has 10 heteroatoms. The van der Waals surface area contributed by atoms with Crippen LogP contribution >= 0.6 is 0 Å². The average Bonchev–Trinajstić information content (AvgIpc) is 2.93. The highest BCUT2D eigenvalue weighted by atomic mass is 35.7. The third kappa shape index (κ3) is 8.19. The van der Waals surface area contributed by atoms with Gasteiger partial charge in [-0.3, -0.25) is 0 Å². The highest BCUT2D eigenvalue weighted by molar-refractivity contribution is 5.78. The van der Waals surface area contributed by atoms with Crippen molar-refractivity contribution in [3.63, 3.8) is 0 Å². The maximum Gasteiger partial charge on any atom is 0.203 e. The summed E-state index contributed by atoms with van der Waals surface area (Å²) in [7, 11) is -1.58. The third-order valence-corrected chi connectivity index (χ3v) is 6.51. The number of fused-ring (bicyclic) bond motifs is 1. The summed E-state index contributed by atoms with van der Waals surface area (Å²) in [6.45, 7) is 0. The van der Waals surface area contributed by atoms with E-state index in [0.29, 0.717) is 0 Å². The first kappa shape index (κ1) is 28.4. The van der Waals surface area contributed by atoms with Gasteiger partial charge in [0.25, 0.3) is 0 Å². The number of ether oxygens (including phenoxy) is 3. The molecule has 2 aromatic rings. The maximum absolute atomic E-state index is 8.49. The van der Waals surface area contributed by atoms with E-state index in [9.17, 15) is 0 Å². The number of hydrogen-bond acceptors (Lipinski definition) is 8. The monoisotopic (exact) mass is 554 g/mol. The van der Waals surface area contributed by atoms with Crippen molar-refractivity contribution < 1.29 is 48.1 Å². The van der Waals surface area contributed by atoms with Crippen LogP contribution < -0.4 is 38.4 Å². The molecule has 0 saturated heterocycles. The number of anilines is 1. The van der Waals surface area contributed by atoms with Gasteiger partial charge in [-0.15, -0.1) is 10.2 Å². The molecular formula is C29H31ClN2O7. The minimum absolute atomic E-state index is 0.852. The number of methoxy groups -OCH3 is 2. The second-order valence-electron chi connectivity index (χ2n) is 9.13. The zero-order chi connectivity index (χ0) is 27.8. The molecule has 3 aliphatic rings. The van der Waals surface area contributed by atoms with Gasteiger partial charge in [-0.2, -0.15) is 0 Å². The summed E-state index contributed by atoms with van der Waals surface area (Å²) in [6, 6.07) is 15.9. The van der Waals surface area contributed by atoms with Gasteiger partial charge in [0.1, 0.15) is 23.0 Å². The smallest absolute Gasteiger partial charge is 0.203 e. The fourth-order valence-corrected chi connectivity index (χ4v) is 4.65. The van der Waals surface area contributed by atoms with Gasteiger partial charge in [0.15, 0.2) is 6.21 Å². The minimum Gasteiger partial charge on any atom is -0.497 e. The standard InChI is InChI=1S/C29H30N2O3.ClHO4/c1-32-26-13-9-24(10-14-26)30-18-22-7-3-5-20-17-21-6-4-8-23(29(21)34-28(20)22)19-31-25-11-15-27(33-2)16-12-25;2-1(3,4)5/h9-19,30H,3-8H2,1-2H3;(H,2,3,4,5)/b22-18+,31-19?;. The van der Waals surface area contributed by atoms with Crippen LogP contribution in [-0.4, -0.2) is 20.4 Å². The summed E-state index contributed by atoms with van der Waals surface area (Å²) in [5.74, 6) is 3.74. The molecule has 0 fully saturated rings. The predicted molar refractivity (Wildman–Crippen MR) is 135 cm³/mol. The Bertz CT molecular complexity index is 1300. The van der Waals surface area contributed by atoms with Gasteiger partial charge in [-0.1, -0.05) is 0 Å². The Hall–Kier alpha value is -3.60. The first-order chi connectivity index (χ1) is 18.7. The molecule has 0 bridgehead atoms. The Morgan fingerprint density at radius 3 is 2.08 bits per heavy atom. The lowest BCUT2D eigenvalue weighted by molar-refractivity contribution is -2.00. The van der Waals surface area contributed by atoms with Crippen LogP contribution in [-0.2, 0) is 4.74 Å². The topological polar surface area (TPSA) is 146 Å². The normalized spacial score (nSPS) is 18.0. The molecular weight excluding hydrogens is 524 g/mol. The Kier molecular flexibility index (Phi) is 9.45. The summed E-state index contributed by atoms with van der Waals surface area (Å²) < 4.78 is 51.1. The molecule has 9 nitrogen and oxygen atoms in total. The fraction of sp³-hybridized carbons (Fsp3) is 0.276. The number of benzene rings is 2. The van der Waals surface area contributed by atoms with E-state index >= 15 is 0 Å². The lowest BCUT2D eigenvalue weighted by Crippen LogP contribution is -2.68. The van der Waals surface area contributed by atoms with Crippen LogP contribution in [0.3, 0.4) is 0 Å². The van der Waals surface area contributed by atoms with E-state index in [1.807, 2.05) is 48.5 Å². The van der Waals surface area contributed by atoms with Gasteiger partial charge >= 0.3 is 0 Å². The molecule has 0 amide bonds.